The standard InChI is InChI=1S/C12H19NO4S/c1-4-17-12-7-9(5-6-11(12)16-2)10(13)8-18(3,14)15/h5-7,10H,4,8,13H2,1-3H3. The van der Waals surface area contributed by atoms with Crippen LogP contribution in [0.25, 0.3) is 0 Å². The Morgan fingerprint density at radius 2 is 2.00 bits per heavy atom. The molecule has 0 heterocycles. The Labute approximate surface area is 108 Å². The van der Waals surface area contributed by atoms with Crippen LogP contribution in [0.3, 0.4) is 0 Å². The Morgan fingerprint density at radius 1 is 1.33 bits per heavy atom. The predicted octanol–water partition coefficient (Wildman–Crippen LogP) is 1.14. The first kappa shape index (κ1) is 14.8. The molecule has 1 unspecified atom stereocenters. The smallest absolute Gasteiger partial charge is 0.161 e. The van der Waals surface area contributed by atoms with E-state index in [2.05, 4.69) is 0 Å². The molecule has 0 aliphatic carbocycles. The zero-order valence-corrected chi connectivity index (χ0v) is 11.7. The Hall–Kier alpha value is -1.27. The van der Waals surface area contributed by atoms with Crippen molar-refractivity contribution in [1.29, 1.82) is 0 Å². The highest BCUT2D eigenvalue weighted by atomic mass is 32.2. The topological polar surface area (TPSA) is 78.6 Å². The summed E-state index contributed by atoms with van der Waals surface area (Å²) in [6.07, 6.45) is 1.17. The van der Waals surface area contributed by atoms with Crippen LogP contribution in [0.1, 0.15) is 18.5 Å². The van der Waals surface area contributed by atoms with Crippen molar-refractivity contribution in [2.45, 2.75) is 13.0 Å². The van der Waals surface area contributed by atoms with E-state index in [0.717, 1.165) is 0 Å². The molecule has 2 N–H and O–H groups in total. The van der Waals surface area contributed by atoms with Gasteiger partial charge < -0.3 is 15.2 Å². The molecular weight excluding hydrogens is 254 g/mol. The van der Waals surface area contributed by atoms with Crippen LogP contribution in [-0.2, 0) is 9.84 Å². The minimum atomic E-state index is -3.11. The fourth-order valence-corrected chi connectivity index (χ4v) is 2.46. The lowest BCUT2D eigenvalue weighted by atomic mass is 10.1. The first-order valence-corrected chi connectivity index (χ1v) is 7.67. The maximum Gasteiger partial charge on any atom is 0.161 e. The first-order valence-electron chi connectivity index (χ1n) is 5.61. The van der Waals surface area contributed by atoms with Crippen LogP contribution in [0.15, 0.2) is 18.2 Å². The van der Waals surface area contributed by atoms with Crippen LogP contribution in [0.2, 0.25) is 0 Å². The number of methoxy groups -OCH3 is 1. The van der Waals surface area contributed by atoms with Crippen LogP contribution in [0, 0.1) is 0 Å². The Kier molecular flexibility index (Phi) is 4.98. The van der Waals surface area contributed by atoms with Crippen LogP contribution in [0.4, 0.5) is 0 Å². The van der Waals surface area contributed by atoms with E-state index in [1.165, 1.54) is 6.26 Å². The maximum atomic E-state index is 11.2. The average molecular weight is 273 g/mol. The Morgan fingerprint density at radius 3 is 2.50 bits per heavy atom. The summed E-state index contributed by atoms with van der Waals surface area (Å²) in [6.45, 7) is 2.36. The van der Waals surface area contributed by atoms with Gasteiger partial charge in [0.15, 0.2) is 11.5 Å². The summed E-state index contributed by atoms with van der Waals surface area (Å²) in [5.74, 6) is 1.08. The van der Waals surface area contributed by atoms with Gasteiger partial charge in [0, 0.05) is 12.3 Å². The van der Waals surface area contributed by atoms with Crippen molar-refractivity contribution in [2.24, 2.45) is 5.73 Å². The van der Waals surface area contributed by atoms with Gasteiger partial charge in [0.1, 0.15) is 9.84 Å². The maximum absolute atomic E-state index is 11.2. The second-order valence-electron chi connectivity index (χ2n) is 4.04. The molecule has 0 radical (unpaired) electrons. The van der Waals surface area contributed by atoms with Crippen molar-refractivity contribution in [1.82, 2.24) is 0 Å². The van der Waals surface area contributed by atoms with Gasteiger partial charge in [0.2, 0.25) is 0 Å². The van der Waals surface area contributed by atoms with E-state index in [9.17, 15) is 8.42 Å². The quantitative estimate of drug-likeness (QED) is 0.840. The van der Waals surface area contributed by atoms with Crippen molar-refractivity contribution < 1.29 is 17.9 Å². The van der Waals surface area contributed by atoms with E-state index >= 15 is 0 Å². The van der Waals surface area contributed by atoms with Crippen molar-refractivity contribution >= 4 is 9.84 Å². The lowest BCUT2D eigenvalue weighted by Crippen LogP contribution is -2.20. The zero-order valence-electron chi connectivity index (χ0n) is 10.8. The van der Waals surface area contributed by atoms with Gasteiger partial charge in [-0.2, -0.15) is 0 Å². The fraction of sp³-hybridized carbons (Fsp3) is 0.500. The summed E-state index contributed by atoms with van der Waals surface area (Å²) in [5.41, 5.74) is 6.57. The molecule has 0 bridgehead atoms. The Balaban J connectivity index is 3.00. The average Bonchev–Trinajstić information content (AvgIpc) is 2.27. The first-order chi connectivity index (χ1) is 8.37. The summed E-state index contributed by atoms with van der Waals surface area (Å²) in [7, 11) is -1.56. The van der Waals surface area contributed by atoms with Gasteiger partial charge in [-0.1, -0.05) is 6.07 Å². The van der Waals surface area contributed by atoms with Crippen molar-refractivity contribution in [3.8, 4) is 11.5 Å². The van der Waals surface area contributed by atoms with E-state index in [0.29, 0.717) is 23.7 Å². The van der Waals surface area contributed by atoms with Gasteiger partial charge in [-0.15, -0.1) is 0 Å². The van der Waals surface area contributed by atoms with Crippen molar-refractivity contribution in [3.63, 3.8) is 0 Å². The highest BCUT2D eigenvalue weighted by Crippen LogP contribution is 2.30. The van der Waals surface area contributed by atoms with Gasteiger partial charge in [0.25, 0.3) is 0 Å². The Bertz CT molecular complexity index is 499. The molecule has 1 rings (SSSR count). The second kappa shape index (κ2) is 6.06. The van der Waals surface area contributed by atoms with Crippen LogP contribution in [-0.4, -0.2) is 34.1 Å². The molecule has 0 saturated heterocycles. The molecule has 0 fully saturated rings. The minimum absolute atomic E-state index is 0.0924. The number of hydrogen-bond acceptors (Lipinski definition) is 5. The molecular formula is C12H19NO4S. The number of ether oxygens (including phenoxy) is 2. The van der Waals surface area contributed by atoms with Crippen LogP contribution < -0.4 is 15.2 Å². The minimum Gasteiger partial charge on any atom is -0.493 e. The highest BCUT2D eigenvalue weighted by Gasteiger charge is 2.15. The lowest BCUT2D eigenvalue weighted by Gasteiger charge is -2.15. The predicted molar refractivity (Wildman–Crippen MR) is 70.8 cm³/mol. The lowest BCUT2D eigenvalue weighted by molar-refractivity contribution is 0.310. The molecule has 0 saturated carbocycles. The SMILES string of the molecule is CCOc1cc(C(N)CS(C)(=O)=O)ccc1OC. The monoisotopic (exact) mass is 273 g/mol. The van der Waals surface area contributed by atoms with Crippen LogP contribution in [0.5, 0.6) is 11.5 Å². The third-order valence-corrected chi connectivity index (χ3v) is 3.36. The molecule has 1 aromatic carbocycles. The summed E-state index contributed by atoms with van der Waals surface area (Å²) in [6, 6.07) is 4.63. The number of sulfone groups is 1. The molecule has 1 aromatic rings. The molecule has 1 atom stereocenters. The number of hydrogen-bond donors (Lipinski definition) is 1. The van der Waals surface area contributed by atoms with Crippen molar-refractivity contribution in [2.75, 3.05) is 25.7 Å². The molecule has 0 amide bonds. The number of benzene rings is 1. The molecule has 18 heavy (non-hydrogen) atoms. The van der Waals surface area contributed by atoms with E-state index in [-0.39, 0.29) is 5.75 Å². The molecule has 0 aliphatic heterocycles. The summed E-state index contributed by atoms with van der Waals surface area (Å²) in [5, 5.41) is 0. The molecule has 102 valence electrons. The third-order valence-electron chi connectivity index (χ3n) is 2.40. The van der Waals surface area contributed by atoms with Gasteiger partial charge in [-0.3, -0.25) is 0 Å². The fourth-order valence-electron chi connectivity index (χ4n) is 1.61. The summed E-state index contributed by atoms with van der Waals surface area (Å²) < 4.78 is 33.0. The molecule has 6 heteroatoms. The highest BCUT2D eigenvalue weighted by molar-refractivity contribution is 7.90. The van der Waals surface area contributed by atoms with Crippen molar-refractivity contribution in [3.05, 3.63) is 23.8 Å². The van der Waals surface area contributed by atoms with E-state index in [1.807, 2.05) is 6.92 Å². The van der Waals surface area contributed by atoms with Gasteiger partial charge in [-0.05, 0) is 24.6 Å². The molecule has 0 spiro atoms. The largest absolute Gasteiger partial charge is 0.493 e. The van der Waals surface area contributed by atoms with E-state index in [1.54, 1.807) is 25.3 Å². The van der Waals surface area contributed by atoms with E-state index < -0.39 is 15.9 Å². The number of rotatable bonds is 6. The summed E-state index contributed by atoms with van der Waals surface area (Å²) >= 11 is 0. The van der Waals surface area contributed by atoms with Gasteiger partial charge in [0.05, 0.1) is 19.5 Å². The van der Waals surface area contributed by atoms with Crippen LogP contribution >= 0.6 is 0 Å². The number of nitrogens with two attached hydrogens (primary N) is 1. The summed E-state index contributed by atoms with van der Waals surface area (Å²) in [4.78, 5) is 0. The molecule has 0 aromatic heterocycles. The molecule has 5 nitrogen and oxygen atoms in total. The van der Waals surface area contributed by atoms with Gasteiger partial charge >= 0.3 is 0 Å². The molecule has 0 aliphatic rings. The third kappa shape index (κ3) is 4.19. The second-order valence-corrected chi connectivity index (χ2v) is 6.23. The zero-order chi connectivity index (χ0) is 13.8. The van der Waals surface area contributed by atoms with Gasteiger partial charge in [-0.25, -0.2) is 8.42 Å². The normalized spacial score (nSPS) is 13.1. The van der Waals surface area contributed by atoms with E-state index in [4.69, 9.17) is 15.2 Å².